The summed E-state index contributed by atoms with van der Waals surface area (Å²) in [7, 11) is 2.70. The zero-order valence-corrected chi connectivity index (χ0v) is 9.74. The molecule has 0 saturated carbocycles. The molecule has 0 aliphatic rings. The van der Waals surface area contributed by atoms with E-state index in [-0.39, 0.29) is 0 Å². The van der Waals surface area contributed by atoms with Crippen LogP contribution in [-0.4, -0.2) is 45.0 Å². The maximum atomic E-state index is 11.3. The third-order valence-corrected chi connectivity index (χ3v) is 2.31. The van der Waals surface area contributed by atoms with E-state index in [1.807, 2.05) is 0 Å². The van der Waals surface area contributed by atoms with Crippen LogP contribution in [0.2, 0.25) is 0 Å². The van der Waals surface area contributed by atoms with Crippen molar-refractivity contribution in [3.05, 3.63) is 37.9 Å². The number of tetrazole rings is 1. The summed E-state index contributed by atoms with van der Waals surface area (Å²) in [5, 5.41) is 40.0. The average Bonchev–Trinajstić information content (AvgIpc) is 2.89. The van der Waals surface area contributed by atoms with Crippen molar-refractivity contribution in [2.24, 2.45) is 14.1 Å². The molecule has 0 aliphatic heterocycles. The molecule has 0 bridgehead atoms. The second-order valence-corrected chi connectivity index (χ2v) is 3.51. The van der Waals surface area contributed by atoms with Crippen LogP contribution in [0.15, 0.2) is 6.20 Å². The summed E-state index contributed by atoms with van der Waals surface area (Å²) in [5.74, 6) is -0.689. The second-order valence-electron chi connectivity index (χ2n) is 3.51. The lowest BCUT2D eigenvalue weighted by Gasteiger charge is -2.10. The van der Waals surface area contributed by atoms with E-state index < -0.39 is 27.0 Å². The summed E-state index contributed by atoms with van der Waals surface area (Å²) in [5.41, 5.74) is -3.43. The highest BCUT2D eigenvalue weighted by atomic mass is 16.7. The highest BCUT2D eigenvalue weighted by molar-refractivity contribution is 5.13. The summed E-state index contributed by atoms with van der Waals surface area (Å²) in [6, 6.07) is 0. The van der Waals surface area contributed by atoms with Crippen LogP contribution in [-0.2, 0) is 19.8 Å². The highest BCUT2D eigenvalue weighted by Gasteiger charge is 2.67. The fraction of sp³-hybridized carbons (Fsp3) is 0.500. The zero-order valence-electron chi connectivity index (χ0n) is 9.74. The number of nitro groups is 2. The van der Waals surface area contributed by atoms with Gasteiger partial charge in [-0.25, -0.2) is 0 Å². The quantitative estimate of drug-likeness (QED) is 0.350. The summed E-state index contributed by atoms with van der Waals surface area (Å²) >= 11 is 0. The van der Waals surface area contributed by atoms with Crippen LogP contribution in [0.25, 0.3) is 0 Å². The normalized spacial score (nSPS) is 11.5. The Morgan fingerprint density at radius 2 is 1.79 bits per heavy atom. The Bertz CT molecular complexity index is 588. The molecule has 0 atom stereocenters. The van der Waals surface area contributed by atoms with E-state index >= 15 is 0 Å². The molecule has 0 aromatic carbocycles. The van der Waals surface area contributed by atoms with Crippen LogP contribution in [0.3, 0.4) is 0 Å². The van der Waals surface area contributed by atoms with Crippen LogP contribution in [0.5, 0.6) is 0 Å². The Hall–Kier alpha value is -2.99. The van der Waals surface area contributed by atoms with E-state index in [0.717, 1.165) is 15.8 Å². The SMILES string of the molecule is Cn1ncc(C(c2nnn(C)n2)([N+](=O)[O-])[N+](=O)[O-])n1. The molecule has 2 aromatic rings. The zero-order chi connectivity index (χ0) is 14.2. The van der Waals surface area contributed by atoms with Gasteiger partial charge in [-0.2, -0.15) is 14.7 Å². The summed E-state index contributed by atoms with van der Waals surface area (Å²) in [6.07, 6.45) is 0.919. The van der Waals surface area contributed by atoms with Crippen molar-refractivity contribution in [1.29, 1.82) is 0 Å². The van der Waals surface area contributed by atoms with Gasteiger partial charge >= 0.3 is 11.5 Å². The monoisotopic (exact) mass is 269 g/mol. The second kappa shape index (κ2) is 4.04. The first-order valence-electron chi connectivity index (χ1n) is 4.79. The molecule has 100 valence electrons. The Balaban J connectivity index is 2.75. The lowest BCUT2D eigenvalue weighted by molar-refractivity contribution is -0.798. The van der Waals surface area contributed by atoms with Crippen LogP contribution in [0.4, 0.5) is 0 Å². The van der Waals surface area contributed by atoms with Crippen LogP contribution in [0.1, 0.15) is 11.5 Å². The van der Waals surface area contributed by atoms with Gasteiger partial charge < -0.3 is 0 Å². The minimum Gasteiger partial charge on any atom is -0.258 e. The predicted octanol–water partition coefficient (Wildman–Crippen LogP) is -1.91. The smallest absolute Gasteiger partial charge is 0.258 e. The third-order valence-electron chi connectivity index (χ3n) is 2.31. The molecular weight excluding hydrogens is 262 g/mol. The van der Waals surface area contributed by atoms with Gasteiger partial charge in [-0.15, -0.1) is 10.2 Å². The minimum atomic E-state index is -2.93. The number of rotatable bonds is 4. The van der Waals surface area contributed by atoms with Gasteiger partial charge in [0, 0.05) is 7.05 Å². The highest BCUT2D eigenvalue weighted by Crippen LogP contribution is 2.29. The predicted molar refractivity (Wildman–Crippen MR) is 54.6 cm³/mol. The van der Waals surface area contributed by atoms with Gasteiger partial charge in [-0.05, 0) is 5.21 Å². The van der Waals surface area contributed by atoms with E-state index in [4.69, 9.17) is 0 Å². The number of aromatic nitrogens is 7. The number of aryl methyl sites for hydroxylation is 2. The number of hydrogen-bond acceptors (Lipinski definition) is 9. The van der Waals surface area contributed by atoms with Crippen molar-refractivity contribution >= 4 is 0 Å². The molecule has 0 amide bonds. The molecule has 2 rings (SSSR count). The Labute approximate surface area is 104 Å². The molecule has 0 saturated heterocycles. The standard InChI is InChI=1S/C6H7N9O4/c1-12-7-3-4(9-12)6(14(16)17,15(18)19)5-8-11-13(2)10-5/h3H,1-2H3. The number of hydrogen-bond donors (Lipinski definition) is 0. The molecule has 0 spiro atoms. The fourth-order valence-corrected chi connectivity index (χ4v) is 1.46. The molecule has 13 heteroatoms. The molecule has 19 heavy (non-hydrogen) atoms. The third kappa shape index (κ3) is 1.67. The average molecular weight is 269 g/mol. The lowest BCUT2D eigenvalue weighted by atomic mass is 10.1. The largest absolute Gasteiger partial charge is 0.566 e. The van der Waals surface area contributed by atoms with Gasteiger partial charge in [0.05, 0.1) is 13.2 Å². The Kier molecular flexibility index (Phi) is 2.65. The molecule has 0 N–H and O–H groups in total. The first-order valence-corrected chi connectivity index (χ1v) is 4.79. The van der Waals surface area contributed by atoms with Gasteiger partial charge in [-0.1, -0.05) is 5.10 Å². The van der Waals surface area contributed by atoms with Crippen molar-refractivity contribution in [3.8, 4) is 0 Å². The first-order chi connectivity index (χ1) is 8.88. The molecule has 2 aromatic heterocycles. The van der Waals surface area contributed by atoms with E-state index in [1.54, 1.807) is 0 Å². The first kappa shape index (κ1) is 12.5. The topological polar surface area (TPSA) is 161 Å². The van der Waals surface area contributed by atoms with Crippen LogP contribution in [0, 0.1) is 20.2 Å². The van der Waals surface area contributed by atoms with Crippen molar-refractivity contribution in [3.63, 3.8) is 0 Å². The van der Waals surface area contributed by atoms with E-state index in [1.165, 1.54) is 14.1 Å². The van der Waals surface area contributed by atoms with Gasteiger partial charge in [0.1, 0.15) is 9.85 Å². The summed E-state index contributed by atoms with van der Waals surface area (Å²) < 4.78 is 0. The molecule has 13 nitrogen and oxygen atoms in total. The van der Waals surface area contributed by atoms with Crippen molar-refractivity contribution in [2.45, 2.75) is 5.66 Å². The molecule has 0 fully saturated rings. The van der Waals surface area contributed by atoms with Crippen molar-refractivity contribution in [2.75, 3.05) is 0 Å². The van der Waals surface area contributed by atoms with Gasteiger partial charge in [-0.3, -0.25) is 20.2 Å². The molecule has 0 aliphatic carbocycles. The van der Waals surface area contributed by atoms with E-state index in [2.05, 4.69) is 25.6 Å². The van der Waals surface area contributed by atoms with Crippen molar-refractivity contribution < 1.29 is 9.85 Å². The van der Waals surface area contributed by atoms with Gasteiger partial charge in [0.15, 0.2) is 0 Å². The summed E-state index contributed by atoms with van der Waals surface area (Å²) in [6.45, 7) is 0. The van der Waals surface area contributed by atoms with E-state index in [0.29, 0.717) is 0 Å². The minimum absolute atomic E-state index is 0.502. The molecule has 2 heterocycles. The lowest BCUT2D eigenvalue weighted by Crippen LogP contribution is -2.46. The maximum absolute atomic E-state index is 11.3. The van der Waals surface area contributed by atoms with Crippen LogP contribution < -0.4 is 0 Å². The number of nitrogens with zero attached hydrogens (tertiary/aromatic N) is 9. The van der Waals surface area contributed by atoms with E-state index in [9.17, 15) is 20.2 Å². The molecular formula is C6H7N9O4. The summed E-state index contributed by atoms with van der Waals surface area (Å²) in [4.78, 5) is 22.1. The van der Waals surface area contributed by atoms with Crippen LogP contribution >= 0.6 is 0 Å². The maximum Gasteiger partial charge on any atom is 0.566 e. The molecule has 0 radical (unpaired) electrons. The van der Waals surface area contributed by atoms with Crippen molar-refractivity contribution in [1.82, 2.24) is 35.2 Å². The fourth-order valence-electron chi connectivity index (χ4n) is 1.46. The Morgan fingerprint density at radius 1 is 1.16 bits per heavy atom. The van der Waals surface area contributed by atoms with Gasteiger partial charge in [0.25, 0.3) is 0 Å². The Morgan fingerprint density at radius 3 is 2.16 bits per heavy atom. The van der Waals surface area contributed by atoms with Gasteiger partial charge in [0.2, 0.25) is 5.69 Å². The molecule has 0 unspecified atom stereocenters.